The summed E-state index contributed by atoms with van der Waals surface area (Å²) in [7, 11) is 0. The zero-order chi connectivity index (χ0) is 10.1. The van der Waals surface area contributed by atoms with Crippen molar-refractivity contribution in [3.63, 3.8) is 0 Å². The number of carbonyl (C=O) groups excluding carboxylic acids is 1. The molecule has 1 aromatic heterocycles. The van der Waals surface area contributed by atoms with Crippen molar-refractivity contribution in [2.24, 2.45) is 0 Å². The Bertz CT molecular complexity index is 485. The van der Waals surface area contributed by atoms with Crippen molar-refractivity contribution in [3.8, 4) is 0 Å². The molecule has 14 heavy (non-hydrogen) atoms. The molecule has 72 valence electrons. The molecule has 0 amide bonds. The summed E-state index contributed by atoms with van der Waals surface area (Å²) < 4.78 is 1.92. The van der Waals surface area contributed by atoms with Gasteiger partial charge in [-0.05, 0) is 31.5 Å². The van der Waals surface area contributed by atoms with Crippen molar-refractivity contribution < 1.29 is 4.79 Å². The van der Waals surface area contributed by atoms with E-state index >= 15 is 0 Å². The first-order valence-corrected chi connectivity index (χ1v) is 4.59. The van der Waals surface area contributed by atoms with Crippen LogP contribution >= 0.6 is 0 Å². The minimum absolute atomic E-state index is 0.380. The number of hydrogen-bond donors (Lipinski definition) is 0. The van der Waals surface area contributed by atoms with Gasteiger partial charge in [0, 0.05) is 0 Å². The Kier molecular flexibility index (Phi) is 2.08. The zero-order valence-electron chi connectivity index (χ0n) is 8.32. The SMILES string of the molecule is Cc1ccc2c(c1)nc(C)n2CC=O. The molecule has 0 aliphatic rings. The Morgan fingerprint density at radius 1 is 1.43 bits per heavy atom. The summed E-state index contributed by atoms with van der Waals surface area (Å²) >= 11 is 0. The lowest BCUT2D eigenvalue weighted by Crippen LogP contribution is -2.00. The van der Waals surface area contributed by atoms with E-state index in [1.165, 1.54) is 5.56 Å². The fourth-order valence-electron chi connectivity index (χ4n) is 1.67. The molecular weight excluding hydrogens is 176 g/mol. The van der Waals surface area contributed by atoms with Crippen LogP contribution in [0.1, 0.15) is 11.4 Å². The van der Waals surface area contributed by atoms with Gasteiger partial charge in [-0.25, -0.2) is 4.98 Å². The average molecular weight is 188 g/mol. The first kappa shape index (κ1) is 8.94. The van der Waals surface area contributed by atoms with E-state index in [0.717, 1.165) is 23.1 Å². The van der Waals surface area contributed by atoms with E-state index in [0.29, 0.717) is 6.54 Å². The zero-order valence-corrected chi connectivity index (χ0v) is 8.32. The molecule has 0 saturated heterocycles. The second-order valence-electron chi connectivity index (χ2n) is 3.43. The Balaban J connectivity index is 2.70. The van der Waals surface area contributed by atoms with Crippen molar-refractivity contribution in [3.05, 3.63) is 29.6 Å². The second kappa shape index (κ2) is 3.25. The molecule has 3 nitrogen and oxygen atoms in total. The van der Waals surface area contributed by atoms with Crippen LogP contribution in [0.2, 0.25) is 0 Å². The van der Waals surface area contributed by atoms with Crippen molar-refractivity contribution in [1.82, 2.24) is 9.55 Å². The summed E-state index contributed by atoms with van der Waals surface area (Å²) in [4.78, 5) is 14.9. The molecule has 0 saturated carbocycles. The van der Waals surface area contributed by atoms with Crippen molar-refractivity contribution in [2.75, 3.05) is 0 Å². The predicted octanol–water partition coefficient (Wildman–Crippen LogP) is 1.85. The largest absolute Gasteiger partial charge is 0.321 e. The summed E-state index contributed by atoms with van der Waals surface area (Å²) in [6, 6.07) is 6.07. The van der Waals surface area contributed by atoms with Crippen LogP contribution < -0.4 is 0 Å². The van der Waals surface area contributed by atoms with Gasteiger partial charge in [0.2, 0.25) is 0 Å². The molecule has 0 spiro atoms. The average Bonchev–Trinajstić information content (AvgIpc) is 2.43. The molecule has 0 atom stereocenters. The number of fused-ring (bicyclic) bond motifs is 1. The number of hydrogen-bond acceptors (Lipinski definition) is 2. The number of imidazole rings is 1. The van der Waals surface area contributed by atoms with Gasteiger partial charge in [0.15, 0.2) is 0 Å². The van der Waals surface area contributed by atoms with Crippen LogP contribution in [0.25, 0.3) is 11.0 Å². The highest BCUT2D eigenvalue weighted by Gasteiger charge is 2.05. The molecule has 0 N–H and O–H groups in total. The smallest absolute Gasteiger partial charge is 0.139 e. The van der Waals surface area contributed by atoms with E-state index < -0.39 is 0 Å². The Hall–Kier alpha value is -1.64. The molecule has 2 rings (SSSR count). The monoisotopic (exact) mass is 188 g/mol. The molecule has 0 fully saturated rings. The van der Waals surface area contributed by atoms with E-state index in [4.69, 9.17) is 0 Å². The van der Waals surface area contributed by atoms with Crippen molar-refractivity contribution in [2.45, 2.75) is 20.4 Å². The van der Waals surface area contributed by atoms with E-state index in [-0.39, 0.29) is 0 Å². The van der Waals surface area contributed by atoms with Gasteiger partial charge in [-0.1, -0.05) is 6.07 Å². The topological polar surface area (TPSA) is 34.9 Å². The summed E-state index contributed by atoms with van der Waals surface area (Å²) in [5.74, 6) is 0.887. The van der Waals surface area contributed by atoms with Gasteiger partial charge in [0.1, 0.15) is 12.1 Å². The van der Waals surface area contributed by atoms with E-state index in [2.05, 4.69) is 4.98 Å². The third kappa shape index (κ3) is 1.31. The fourth-order valence-corrected chi connectivity index (χ4v) is 1.67. The Morgan fingerprint density at radius 2 is 2.21 bits per heavy atom. The summed E-state index contributed by atoms with van der Waals surface area (Å²) in [5, 5.41) is 0. The van der Waals surface area contributed by atoms with Crippen LogP contribution in [0, 0.1) is 13.8 Å². The predicted molar refractivity (Wildman–Crippen MR) is 55.3 cm³/mol. The highest BCUT2D eigenvalue weighted by Crippen LogP contribution is 2.16. The Labute approximate surface area is 82.4 Å². The van der Waals surface area contributed by atoms with E-state index in [1.807, 2.05) is 36.6 Å². The molecular formula is C11H12N2O. The minimum atomic E-state index is 0.380. The minimum Gasteiger partial charge on any atom is -0.321 e. The van der Waals surface area contributed by atoms with Gasteiger partial charge in [-0.2, -0.15) is 0 Å². The number of nitrogens with zero attached hydrogens (tertiary/aromatic N) is 2. The standard InChI is InChI=1S/C11H12N2O/c1-8-3-4-11-10(7-8)12-9(2)13(11)5-6-14/h3-4,6-7H,5H2,1-2H3. The van der Waals surface area contributed by atoms with Crippen molar-refractivity contribution >= 4 is 17.3 Å². The molecule has 0 radical (unpaired) electrons. The van der Waals surface area contributed by atoms with Gasteiger partial charge in [-0.3, -0.25) is 0 Å². The molecule has 1 heterocycles. The summed E-state index contributed by atoms with van der Waals surface area (Å²) in [5.41, 5.74) is 3.18. The maximum Gasteiger partial charge on any atom is 0.139 e. The third-order valence-electron chi connectivity index (χ3n) is 2.35. The lowest BCUT2D eigenvalue weighted by atomic mass is 10.2. The van der Waals surface area contributed by atoms with Crippen LogP contribution in [0.15, 0.2) is 18.2 Å². The Morgan fingerprint density at radius 3 is 2.93 bits per heavy atom. The third-order valence-corrected chi connectivity index (χ3v) is 2.35. The molecule has 1 aromatic carbocycles. The highest BCUT2D eigenvalue weighted by atomic mass is 16.1. The number of aldehydes is 1. The number of aryl methyl sites for hydroxylation is 2. The van der Waals surface area contributed by atoms with Crippen LogP contribution in [0.4, 0.5) is 0 Å². The number of carbonyl (C=O) groups is 1. The van der Waals surface area contributed by atoms with Crippen LogP contribution in [0.5, 0.6) is 0 Å². The molecule has 0 aliphatic heterocycles. The lowest BCUT2D eigenvalue weighted by molar-refractivity contribution is -0.108. The van der Waals surface area contributed by atoms with Gasteiger partial charge in [0.25, 0.3) is 0 Å². The number of benzene rings is 1. The van der Waals surface area contributed by atoms with Crippen LogP contribution in [-0.4, -0.2) is 15.8 Å². The van der Waals surface area contributed by atoms with Crippen molar-refractivity contribution in [1.29, 1.82) is 0 Å². The maximum atomic E-state index is 10.5. The molecule has 0 unspecified atom stereocenters. The fraction of sp³-hybridized carbons (Fsp3) is 0.273. The summed E-state index contributed by atoms with van der Waals surface area (Å²) in [6.07, 6.45) is 0.897. The molecule has 0 aliphatic carbocycles. The van der Waals surface area contributed by atoms with E-state index in [1.54, 1.807) is 0 Å². The number of rotatable bonds is 2. The van der Waals surface area contributed by atoms with Crippen LogP contribution in [0.3, 0.4) is 0 Å². The second-order valence-corrected chi connectivity index (χ2v) is 3.43. The van der Waals surface area contributed by atoms with Gasteiger partial charge in [-0.15, -0.1) is 0 Å². The number of aromatic nitrogens is 2. The molecule has 0 bridgehead atoms. The highest BCUT2D eigenvalue weighted by molar-refractivity contribution is 5.77. The maximum absolute atomic E-state index is 10.5. The van der Waals surface area contributed by atoms with Gasteiger partial charge in [0.05, 0.1) is 17.6 Å². The summed E-state index contributed by atoms with van der Waals surface area (Å²) in [6.45, 7) is 4.33. The molecule has 3 heteroatoms. The molecule has 2 aromatic rings. The quantitative estimate of drug-likeness (QED) is 0.674. The van der Waals surface area contributed by atoms with Gasteiger partial charge >= 0.3 is 0 Å². The van der Waals surface area contributed by atoms with Gasteiger partial charge < -0.3 is 9.36 Å². The first-order valence-electron chi connectivity index (χ1n) is 4.59. The van der Waals surface area contributed by atoms with Crippen LogP contribution in [-0.2, 0) is 11.3 Å². The van der Waals surface area contributed by atoms with E-state index in [9.17, 15) is 4.79 Å². The lowest BCUT2D eigenvalue weighted by Gasteiger charge is -2.00. The first-order chi connectivity index (χ1) is 6.72. The normalized spacial score (nSPS) is 10.7.